The highest BCUT2D eigenvalue weighted by Crippen LogP contribution is 2.36. The van der Waals surface area contributed by atoms with E-state index >= 15 is 0 Å². The molecular weight excluding hydrogens is 322 g/mol. The molecule has 1 aromatic heterocycles. The van der Waals surface area contributed by atoms with Crippen LogP contribution in [0.15, 0.2) is 10.6 Å². The summed E-state index contributed by atoms with van der Waals surface area (Å²) in [6, 6.07) is 1.99. The van der Waals surface area contributed by atoms with Gasteiger partial charge in [0.2, 0.25) is 5.91 Å². The van der Waals surface area contributed by atoms with Crippen LogP contribution in [0.1, 0.15) is 30.7 Å². The summed E-state index contributed by atoms with van der Waals surface area (Å²) >= 11 is 0. The van der Waals surface area contributed by atoms with Crippen molar-refractivity contribution in [2.45, 2.75) is 32.7 Å². The highest BCUT2D eigenvalue weighted by molar-refractivity contribution is 5.75. The smallest absolute Gasteiger partial charge is 0.246 e. The Kier molecular flexibility index (Phi) is 5.05. The van der Waals surface area contributed by atoms with Crippen LogP contribution in [-0.4, -0.2) is 60.5 Å². The molecule has 138 valence electrons. The van der Waals surface area contributed by atoms with Crippen LogP contribution in [0, 0.1) is 24.7 Å². The molecule has 1 amide bonds. The molecule has 0 aliphatic carbocycles. The fraction of sp³-hybridized carbons (Fsp3) is 0.778. The number of aryl methyl sites for hydroxylation is 1. The van der Waals surface area contributed by atoms with Gasteiger partial charge in [-0.1, -0.05) is 5.16 Å². The molecule has 1 aromatic rings. The van der Waals surface area contributed by atoms with Crippen LogP contribution < -0.4 is 0 Å². The Morgan fingerprint density at radius 2 is 2.24 bits per heavy atom. The van der Waals surface area contributed by atoms with Gasteiger partial charge in [0.25, 0.3) is 0 Å². The normalized spacial score (nSPS) is 30.4. The second-order valence-electron chi connectivity index (χ2n) is 7.58. The van der Waals surface area contributed by atoms with E-state index in [-0.39, 0.29) is 11.8 Å². The van der Waals surface area contributed by atoms with Gasteiger partial charge in [0, 0.05) is 38.7 Å². The number of hydrogen-bond acceptors (Lipinski definition) is 6. The second kappa shape index (κ2) is 7.43. The van der Waals surface area contributed by atoms with Crippen LogP contribution in [0.5, 0.6) is 0 Å². The molecular formula is C18H27N3O4. The molecule has 0 N–H and O–H groups in total. The number of nitrogens with zero attached hydrogens (tertiary/aromatic N) is 3. The van der Waals surface area contributed by atoms with Gasteiger partial charge in [0.1, 0.15) is 5.76 Å². The van der Waals surface area contributed by atoms with Gasteiger partial charge in [-0.2, -0.15) is 0 Å². The van der Waals surface area contributed by atoms with E-state index in [1.54, 1.807) is 5.06 Å². The third-order valence-corrected chi connectivity index (χ3v) is 5.62. The van der Waals surface area contributed by atoms with Crippen molar-refractivity contribution in [1.82, 2.24) is 15.1 Å². The zero-order valence-electron chi connectivity index (χ0n) is 14.9. The summed E-state index contributed by atoms with van der Waals surface area (Å²) in [5.41, 5.74) is 0.978. The fourth-order valence-electron chi connectivity index (χ4n) is 4.37. The first-order valence-corrected chi connectivity index (χ1v) is 9.34. The zero-order valence-corrected chi connectivity index (χ0v) is 14.9. The van der Waals surface area contributed by atoms with E-state index in [2.05, 4.69) is 10.1 Å². The van der Waals surface area contributed by atoms with Gasteiger partial charge < -0.3 is 9.26 Å². The molecule has 0 radical (unpaired) electrons. The average Bonchev–Trinajstić information content (AvgIpc) is 3.22. The van der Waals surface area contributed by atoms with Crippen molar-refractivity contribution in [2.75, 3.05) is 39.5 Å². The molecule has 4 heterocycles. The Morgan fingerprint density at radius 3 is 3.00 bits per heavy atom. The summed E-state index contributed by atoms with van der Waals surface area (Å²) in [7, 11) is 0. The molecule has 7 nitrogen and oxygen atoms in total. The summed E-state index contributed by atoms with van der Waals surface area (Å²) in [5.74, 6) is 2.25. The molecule has 3 fully saturated rings. The zero-order chi connectivity index (χ0) is 17.2. The summed E-state index contributed by atoms with van der Waals surface area (Å²) in [6.07, 6.45) is 2.60. The van der Waals surface area contributed by atoms with Crippen molar-refractivity contribution >= 4 is 5.91 Å². The number of rotatable bonds is 4. The maximum absolute atomic E-state index is 12.5. The van der Waals surface area contributed by atoms with Gasteiger partial charge in [0.05, 0.1) is 25.5 Å². The highest BCUT2D eigenvalue weighted by Gasteiger charge is 2.42. The van der Waals surface area contributed by atoms with E-state index < -0.39 is 0 Å². The van der Waals surface area contributed by atoms with Crippen molar-refractivity contribution in [3.05, 3.63) is 17.5 Å². The standard InChI is InChI=1S/C18H27N3O4/c1-13-6-16(19-25-13)9-20-8-15-12-23-11-14(17(15)10-20)7-18(22)21-4-2-3-5-24-21/h6,14-15,17H,2-5,7-12H2,1H3/t14-,15-,17+/m1/s1. The van der Waals surface area contributed by atoms with E-state index in [0.717, 1.165) is 57.1 Å². The van der Waals surface area contributed by atoms with E-state index in [1.165, 1.54) is 0 Å². The van der Waals surface area contributed by atoms with Crippen LogP contribution >= 0.6 is 0 Å². The predicted octanol–water partition coefficient (Wildman–Crippen LogP) is 1.62. The van der Waals surface area contributed by atoms with Crippen LogP contribution in [0.25, 0.3) is 0 Å². The minimum atomic E-state index is 0.111. The number of ether oxygens (including phenoxy) is 1. The molecule has 0 unspecified atom stereocenters. The van der Waals surface area contributed by atoms with Gasteiger partial charge in [-0.25, -0.2) is 5.06 Å². The molecule has 25 heavy (non-hydrogen) atoms. The summed E-state index contributed by atoms with van der Waals surface area (Å²) in [5, 5.41) is 5.67. The minimum Gasteiger partial charge on any atom is -0.381 e. The van der Waals surface area contributed by atoms with Gasteiger partial charge in [-0.3, -0.25) is 14.5 Å². The Morgan fingerprint density at radius 1 is 1.32 bits per heavy atom. The minimum absolute atomic E-state index is 0.111. The lowest BCUT2D eigenvalue weighted by molar-refractivity contribution is -0.199. The SMILES string of the molecule is Cc1cc(CN2C[C@@H]3COC[C@@H](CC(=O)N4CCCCO4)[C@@H]3C2)no1. The average molecular weight is 349 g/mol. The largest absolute Gasteiger partial charge is 0.381 e. The molecule has 3 atom stereocenters. The molecule has 4 rings (SSSR count). The molecule has 3 saturated heterocycles. The number of carbonyl (C=O) groups excluding carboxylic acids is 1. The number of aromatic nitrogens is 1. The van der Waals surface area contributed by atoms with Crippen LogP contribution in [0.3, 0.4) is 0 Å². The third kappa shape index (κ3) is 3.88. The first-order chi connectivity index (χ1) is 12.2. The topological polar surface area (TPSA) is 68.0 Å². The molecule has 0 aromatic carbocycles. The molecule has 7 heteroatoms. The number of likely N-dealkylation sites (tertiary alicyclic amines) is 1. The predicted molar refractivity (Wildman–Crippen MR) is 89.3 cm³/mol. The molecule has 0 saturated carbocycles. The number of hydrogen-bond donors (Lipinski definition) is 0. The quantitative estimate of drug-likeness (QED) is 0.823. The van der Waals surface area contributed by atoms with Gasteiger partial charge in [0.15, 0.2) is 0 Å². The van der Waals surface area contributed by atoms with Crippen LogP contribution in [-0.2, 0) is 20.9 Å². The number of hydroxylamine groups is 2. The molecule has 0 spiro atoms. The maximum Gasteiger partial charge on any atom is 0.246 e. The van der Waals surface area contributed by atoms with Crippen molar-refractivity contribution in [3.63, 3.8) is 0 Å². The van der Waals surface area contributed by atoms with E-state index in [4.69, 9.17) is 14.1 Å². The van der Waals surface area contributed by atoms with Gasteiger partial charge in [-0.05, 0) is 37.5 Å². The van der Waals surface area contributed by atoms with E-state index in [9.17, 15) is 4.79 Å². The van der Waals surface area contributed by atoms with Gasteiger partial charge in [-0.15, -0.1) is 0 Å². The highest BCUT2D eigenvalue weighted by atomic mass is 16.7. The van der Waals surface area contributed by atoms with Crippen LogP contribution in [0.4, 0.5) is 0 Å². The number of amides is 1. The van der Waals surface area contributed by atoms with Crippen molar-refractivity contribution < 1.29 is 18.9 Å². The lowest BCUT2D eigenvalue weighted by Gasteiger charge is -2.34. The first-order valence-electron chi connectivity index (χ1n) is 9.34. The summed E-state index contributed by atoms with van der Waals surface area (Å²) in [6.45, 7) is 7.57. The van der Waals surface area contributed by atoms with E-state index in [1.807, 2.05) is 13.0 Å². The fourth-order valence-corrected chi connectivity index (χ4v) is 4.37. The summed E-state index contributed by atoms with van der Waals surface area (Å²) in [4.78, 5) is 20.5. The first kappa shape index (κ1) is 17.0. The Balaban J connectivity index is 1.35. The second-order valence-corrected chi connectivity index (χ2v) is 7.58. The Hall–Kier alpha value is -1.44. The monoisotopic (exact) mass is 349 g/mol. The van der Waals surface area contributed by atoms with Crippen molar-refractivity contribution in [2.24, 2.45) is 17.8 Å². The molecule has 0 bridgehead atoms. The summed E-state index contributed by atoms with van der Waals surface area (Å²) < 4.78 is 11.0. The van der Waals surface area contributed by atoms with Crippen molar-refractivity contribution in [3.8, 4) is 0 Å². The lowest BCUT2D eigenvalue weighted by Crippen LogP contribution is -2.41. The van der Waals surface area contributed by atoms with E-state index in [0.29, 0.717) is 31.5 Å². The third-order valence-electron chi connectivity index (χ3n) is 5.62. The molecule has 3 aliphatic heterocycles. The number of fused-ring (bicyclic) bond motifs is 1. The van der Waals surface area contributed by atoms with Gasteiger partial charge >= 0.3 is 0 Å². The van der Waals surface area contributed by atoms with Crippen molar-refractivity contribution in [1.29, 1.82) is 0 Å². The van der Waals surface area contributed by atoms with Crippen LogP contribution in [0.2, 0.25) is 0 Å². The maximum atomic E-state index is 12.5. The Bertz CT molecular complexity index is 599. The number of carbonyl (C=O) groups is 1. The lowest BCUT2D eigenvalue weighted by atomic mass is 9.81. The molecule has 3 aliphatic rings. The Labute approximate surface area is 148 Å².